The summed E-state index contributed by atoms with van der Waals surface area (Å²) in [5, 5.41) is 6.84. The molecule has 0 unspecified atom stereocenters. The number of hydrogen-bond acceptors (Lipinski definition) is 2. The summed E-state index contributed by atoms with van der Waals surface area (Å²) in [7, 11) is 0. The number of piperidine rings is 1. The van der Waals surface area contributed by atoms with Gasteiger partial charge in [-0.3, -0.25) is 4.99 Å². The first-order valence-corrected chi connectivity index (χ1v) is 10.1. The first-order chi connectivity index (χ1) is 12.1. The van der Waals surface area contributed by atoms with E-state index in [0.29, 0.717) is 24.6 Å². The van der Waals surface area contributed by atoms with Crippen LogP contribution < -0.4 is 10.6 Å². The fourth-order valence-corrected chi connectivity index (χ4v) is 3.56. The van der Waals surface area contributed by atoms with Gasteiger partial charge in [-0.15, -0.1) is 24.0 Å². The van der Waals surface area contributed by atoms with Gasteiger partial charge in [-0.25, -0.2) is 4.39 Å². The van der Waals surface area contributed by atoms with Gasteiger partial charge >= 0.3 is 0 Å². The SMILES string of the molecule is CCCN1CCC(NC(=NCCc2cc(Br)ccc2F)NCC)CC1.I. The molecular formula is C19H31BrFIN4. The zero-order valence-electron chi connectivity index (χ0n) is 15.7. The first-order valence-electron chi connectivity index (χ1n) is 9.33. The lowest BCUT2D eigenvalue weighted by Crippen LogP contribution is -2.48. The van der Waals surface area contributed by atoms with Crippen molar-refractivity contribution in [1.29, 1.82) is 0 Å². The first kappa shape index (κ1) is 23.6. The van der Waals surface area contributed by atoms with Crippen LogP contribution in [0.4, 0.5) is 4.39 Å². The molecule has 26 heavy (non-hydrogen) atoms. The Morgan fingerprint density at radius 1 is 1.31 bits per heavy atom. The third-order valence-electron chi connectivity index (χ3n) is 4.47. The molecule has 7 heteroatoms. The van der Waals surface area contributed by atoms with Crippen LogP contribution in [0.25, 0.3) is 0 Å². The predicted octanol–water partition coefficient (Wildman–Crippen LogP) is 4.18. The van der Waals surface area contributed by atoms with Crippen LogP contribution in [0, 0.1) is 5.82 Å². The van der Waals surface area contributed by atoms with Gasteiger partial charge in [0.05, 0.1) is 0 Å². The lowest BCUT2D eigenvalue weighted by molar-refractivity contribution is 0.206. The minimum atomic E-state index is -0.167. The van der Waals surface area contributed by atoms with E-state index in [2.05, 4.69) is 50.3 Å². The summed E-state index contributed by atoms with van der Waals surface area (Å²) < 4.78 is 14.7. The van der Waals surface area contributed by atoms with Gasteiger partial charge in [-0.1, -0.05) is 22.9 Å². The van der Waals surface area contributed by atoms with Crippen molar-refractivity contribution in [2.24, 2.45) is 4.99 Å². The standard InChI is InChI=1S/C19H30BrFN4.HI/c1-3-11-25-12-8-17(9-13-25)24-19(22-4-2)23-10-7-15-14-16(20)5-6-18(15)21;/h5-6,14,17H,3-4,7-13H2,1-2H3,(H2,22,23,24);1H. The molecule has 0 atom stereocenters. The van der Waals surface area contributed by atoms with E-state index >= 15 is 0 Å². The van der Waals surface area contributed by atoms with Gasteiger partial charge in [-0.05, 0) is 62.9 Å². The average Bonchev–Trinajstić information content (AvgIpc) is 2.60. The third-order valence-corrected chi connectivity index (χ3v) is 4.96. The summed E-state index contributed by atoms with van der Waals surface area (Å²) in [6.07, 6.45) is 4.10. The topological polar surface area (TPSA) is 39.7 Å². The summed E-state index contributed by atoms with van der Waals surface area (Å²) in [6.45, 7) is 9.17. The molecule has 1 aliphatic rings. The number of likely N-dealkylation sites (tertiary alicyclic amines) is 1. The van der Waals surface area contributed by atoms with Crippen LogP contribution in [-0.2, 0) is 6.42 Å². The average molecular weight is 541 g/mol. The van der Waals surface area contributed by atoms with Crippen molar-refractivity contribution in [1.82, 2.24) is 15.5 Å². The van der Waals surface area contributed by atoms with E-state index in [-0.39, 0.29) is 29.8 Å². The molecule has 0 bridgehead atoms. The van der Waals surface area contributed by atoms with Gasteiger partial charge < -0.3 is 15.5 Å². The summed E-state index contributed by atoms with van der Waals surface area (Å²) in [6, 6.07) is 5.51. The van der Waals surface area contributed by atoms with Crippen LogP contribution in [0.2, 0.25) is 0 Å². The Balaban J connectivity index is 0.00000338. The van der Waals surface area contributed by atoms with E-state index in [1.54, 1.807) is 6.07 Å². The van der Waals surface area contributed by atoms with Crippen molar-refractivity contribution in [3.63, 3.8) is 0 Å². The summed E-state index contributed by atoms with van der Waals surface area (Å²) in [4.78, 5) is 7.15. The lowest BCUT2D eigenvalue weighted by atomic mass is 10.1. The number of guanidine groups is 1. The largest absolute Gasteiger partial charge is 0.357 e. The van der Waals surface area contributed by atoms with E-state index in [1.165, 1.54) is 19.0 Å². The molecule has 0 spiro atoms. The molecule has 0 radical (unpaired) electrons. The van der Waals surface area contributed by atoms with Crippen LogP contribution in [0.15, 0.2) is 27.7 Å². The molecule has 1 heterocycles. The molecule has 1 aromatic rings. The zero-order valence-corrected chi connectivity index (χ0v) is 19.6. The quantitative estimate of drug-likeness (QED) is 0.310. The molecule has 2 rings (SSSR count). The Labute approximate surface area is 182 Å². The Kier molecular flexibility index (Phi) is 11.7. The van der Waals surface area contributed by atoms with Crippen LogP contribution in [0.1, 0.15) is 38.7 Å². The van der Waals surface area contributed by atoms with E-state index < -0.39 is 0 Å². The van der Waals surface area contributed by atoms with Gasteiger partial charge in [0.1, 0.15) is 5.82 Å². The van der Waals surface area contributed by atoms with Crippen molar-refractivity contribution < 1.29 is 4.39 Å². The molecule has 4 nitrogen and oxygen atoms in total. The summed E-state index contributed by atoms with van der Waals surface area (Å²) in [5.74, 6) is 0.673. The Morgan fingerprint density at radius 2 is 2.04 bits per heavy atom. The van der Waals surface area contributed by atoms with E-state index in [4.69, 9.17) is 0 Å². The number of aliphatic imine (C=N–C) groups is 1. The molecule has 0 amide bonds. The fraction of sp³-hybridized carbons (Fsp3) is 0.632. The molecule has 0 aliphatic carbocycles. The Morgan fingerprint density at radius 3 is 2.69 bits per heavy atom. The van der Waals surface area contributed by atoms with Crippen molar-refractivity contribution >= 4 is 45.9 Å². The highest BCUT2D eigenvalue weighted by Crippen LogP contribution is 2.16. The van der Waals surface area contributed by atoms with Gasteiger partial charge in [0.25, 0.3) is 0 Å². The highest BCUT2D eigenvalue weighted by molar-refractivity contribution is 14.0. The number of benzene rings is 1. The number of rotatable bonds is 7. The van der Waals surface area contributed by atoms with Gasteiger partial charge in [0.15, 0.2) is 5.96 Å². The third kappa shape index (κ3) is 8.08. The maximum atomic E-state index is 13.8. The zero-order chi connectivity index (χ0) is 18.1. The molecule has 2 N–H and O–H groups in total. The molecule has 0 aromatic heterocycles. The molecule has 1 fully saturated rings. The highest BCUT2D eigenvalue weighted by atomic mass is 127. The second-order valence-electron chi connectivity index (χ2n) is 6.51. The van der Waals surface area contributed by atoms with Crippen LogP contribution >= 0.6 is 39.9 Å². The van der Waals surface area contributed by atoms with Crippen LogP contribution in [-0.4, -0.2) is 49.6 Å². The number of hydrogen-bond donors (Lipinski definition) is 2. The fourth-order valence-electron chi connectivity index (χ4n) is 3.15. The van der Waals surface area contributed by atoms with Crippen molar-refractivity contribution in [2.45, 2.75) is 45.6 Å². The molecule has 1 aliphatic heterocycles. The molecule has 1 saturated heterocycles. The van der Waals surface area contributed by atoms with Crippen molar-refractivity contribution in [3.8, 4) is 0 Å². The van der Waals surface area contributed by atoms with Crippen LogP contribution in [0.5, 0.6) is 0 Å². The normalized spacial score (nSPS) is 16.2. The highest BCUT2D eigenvalue weighted by Gasteiger charge is 2.19. The second-order valence-corrected chi connectivity index (χ2v) is 7.42. The van der Waals surface area contributed by atoms with Gasteiger partial charge in [0.2, 0.25) is 0 Å². The molecule has 148 valence electrons. The number of halogens is 3. The van der Waals surface area contributed by atoms with Gasteiger partial charge in [-0.2, -0.15) is 0 Å². The smallest absolute Gasteiger partial charge is 0.191 e. The van der Waals surface area contributed by atoms with Gasteiger partial charge in [0, 0.05) is 36.7 Å². The maximum Gasteiger partial charge on any atom is 0.191 e. The number of nitrogens with zero attached hydrogens (tertiary/aromatic N) is 2. The Hall–Kier alpha value is -0.410. The summed E-state index contributed by atoms with van der Waals surface area (Å²) in [5.41, 5.74) is 0.696. The van der Waals surface area contributed by atoms with E-state index in [1.807, 2.05) is 6.07 Å². The van der Waals surface area contributed by atoms with Crippen molar-refractivity contribution in [2.75, 3.05) is 32.7 Å². The minimum absolute atomic E-state index is 0. The monoisotopic (exact) mass is 540 g/mol. The van der Waals surface area contributed by atoms with E-state index in [0.717, 1.165) is 42.9 Å². The maximum absolute atomic E-state index is 13.8. The van der Waals surface area contributed by atoms with Crippen LogP contribution in [0.3, 0.4) is 0 Å². The molecular weight excluding hydrogens is 510 g/mol. The minimum Gasteiger partial charge on any atom is -0.357 e. The summed E-state index contributed by atoms with van der Waals surface area (Å²) >= 11 is 3.39. The van der Waals surface area contributed by atoms with E-state index in [9.17, 15) is 4.39 Å². The second kappa shape index (κ2) is 12.9. The predicted molar refractivity (Wildman–Crippen MR) is 122 cm³/mol. The lowest BCUT2D eigenvalue weighted by Gasteiger charge is -2.32. The molecule has 1 aromatic carbocycles. The Bertz CT molecular complexity index is 562. The molecule has 0 saturated carbocycles. The van der Waals surface area contributed by atoms with Crippen molar-refractivity contribution in [3.05, 3.63) is 34.1 Å². The number of nitrogens with one attached hydrogen (secondary N) is 2.